The average molecular weight is 369 g/mol. The molecule has 0 saturated carbocycles. The fraction of sp³-hybridized carbons (Fsp3) is 0.333. The lowest BCUT2D eigenvalue weighted by molar-refractivity contribution is 0.0977. The van der Waals surface area contributed by atoms with Crippen molar-refractivity contribution in [3.05, 3.63) is 59.7 Å². The van der Waals surface area contributed by atoms with E-state index in [9.17, 15) is 4.79 Å². The third-order valence-corrected chi connectivity index (χ3v) is 4.76. The van der Waals surface area contributed by atoms with E-state index in [2.05, 4.69) is 25.2 Å². The number of carbonyl (C=O) groups excluding carboxylic acids is 1. The van der Waals surface area contributed by atoms with E-state index in [1.807, 2.05) is 35.2 Å². The zero-order valence-electron chi connectivity index (χ0n) is 15.2. The van der Waals surface area contributed by atoms with Crippen LogP contribution in [0.15, 0.2) is 48.5 Å². The van der Waals surface area contributed by atoms with Crippen molar-refractivity contribution in [3.63, 3.8) is 0 Å². The van der Waals surface area contributed by atoms with Gasteiger partial charge in [0.05, 0.1) is 6.61 Å². The van der Waals surface area contributed by atoms with Gasteiger partial charge in [-0.05, 0) is 66.9 Å². The monoisotopic (exact) mass is 368 g/mol. The van der Waals surface area contributed by atoms with Crippen LogP contribution in [-0.2, 0) is 6.42 Å². The van der Waals surface area contributed by atoms with Gasteiger partial charge in [0.25, 0.3) is 5.91 Å². The fourth-order valence-electron chi connectivity index (χ4n) is 2.90. The molecule has 0 bridgehead atoms. The number of carbonyl (C=O) groups is 1. The van der Waals surface area contributed by atoms with Crippen molar-refractivity contribution in [2.45, 2.75) is 26.7 Å². The standard InChI is InChI=1S/C21H24N2O2S/c1-15(2)12-14-25-18-9-7-17(8-10-18)20(24)22-21(26)23-13-11-16-5-3-4-6-19(16)23/h3-10,15H,11-14H2,1-2H3,(H,22,24,26). The molecule has 1 aliphatic heterocycles. The number of amides is 1. The van der Waals surface area contributed by atoms with Crippen molar-refractivity contribution < 1.29 is 9.53 Å². The summed E-state index contributed by atoms with van der Waals surface area (Å²) >= 11 is 5.44. The molecule has 0 saturated heterocycles. The highest BCUT2D eigenvalue weighted by Crippen LogP contribution is 2.27. The van der Waals surface area contributed by atoms with Gasteiger partial charge in [0.2, 0.25) is 0 Å². The number of thiocarbonyl (C=S) groups is 1. The summed E-state index contributed by atoms with van der Waals surface area (Å²) in [5.74, 6) is 1.18. The molecule has 4 nitrogen and oxygen atoms in total. The van der Waals surface area contributed by atoms with E-state index in [1.165, 1.54) is 5.56 Å². The molecule has 0 unspecified atom stereocenters. The SMILES string of the molecule is CC(C)CCOc1ccc(C(=O)NC(=S)N2CCc3ccccc32)cc1. The minimum absolute atomic E-state index is 0.201. The smallest absolute Gasteiger partial charge is 0.257 e. The number of ether oxygens (including phenoxy) is 1. The van der Waals surface area contributed by atoms with Gasteiger partial charge in [-0.3, -0.25) is 10.1 Å². The predicted octanol–water partition coefficient (Wildman–Crippen LogP) is 4.19. The Bertz CT molecular complexity index is 787. The van der Waals surface area contributed by atoms with E-state index in [4.69, 9.17) is 17.0 Å². The van der Waals surface area contributed by atoms with E-state index in [0.29, 0.717) is 23.2 Å². The molecule has 0 aliphatic carbocycles. The number of fused-ring (bicyclic) bond motifs is 1. The number of rotatable bonds is 5. The molecule has 0 fully saturated rings. The second-order valence-electron chi connectivity index (χ2n) is 6.84. The van der Waals surface area contributed by atoms with Gasteiger partial charge in [0, 0.05) is 17.8 Å². The first-order chi connectivity index (χ1) is 12.5. The van der Waals surface area contributed by atoms with Gasteiger partial charge in [-0.25, -0.2) is 0 Å². The van der Waals surface area contributed by atoms with Crippen LogP contribution in [0, 0.1) is 5.92 Å². The molecule has 2 aromatic carbocycles. The molecule has 0 atom stereocenters. The molecular formula is C21H24N2O2S. The lowest BCUT2D eigenvalue weighted by Crippen LogP contribution is -2.41. The summed E-state index contributed by atoms with van der Waals surface area (Å²) in [7, 11) is 0. The van der Waals surface area contributed by atoms with Crippen LogP contribution in [-0.4, -0.2) is 24.2 Å². The van der Waals surface area contributed by atoms with Crippen LogP contribution in [0.25, 0.3) is 0 Å². The molecular weight excluding hydrogens is 344 g/mol. The Hall–Kier alpha value is -2.40. The van der Waals surface area contributed by atoms with Gasteiger partial charge in [0.15, 0.2) is 5.11 Å². The average Bonchev–Trinajstić information content (AvgIpc) is 3.06. The maximum Gasteiger partial charge on any atom is 0.257 e. The zero-order chi connectivity index (χ0) is 18.5. The molecule has 26 heavy (non-hydrogen) atoms. The predicted molar refractivity (Wildman–Crippen MR) is 109 cm³/mol. The quantitative estimate of drug-likeness (QED) is 0.804. The highest BCUT2D eigenvalue weighted by atomic mass is 32.1. The first kappa shape index (κ1) is 18.4. The molecule has 136 valence electrons. The number of hydrogen-bond acceptors (Lipinski definition) is 3. The van der Waals surface area contributed by atoms with Crippen molar-refractivity contribution in [2.24, 2.45) is 5.92 Å². The summed E-state index contributed by atoms with van der Waals surface area (Å²) in [4.78, 5) is 14.5. The Morgan fingerprint density at radius 1 is 1.19 bits per heavy atom. The highest BCUT2D eigenvalue weighted by Gasteiger charge is 2.23. The molecule has 0 radical (unpaired) electrons. The van der Waals surface area contributed by atoms with Gasteiger partial charge in [-0.2, -0.15) is 0 Å². The van der Waals surface area contributed by atoms with E-state index in [-0.39, 0.29) is 5.91 Å². The van der Waals surface area contributed by atoms with Crippen LogP contribution in [0.5, 0.6) is 5.75 Å². The summed E-state index contributed by atoms with van der Waals surface area (Å²) in [6, 6.07) is 15.3. The largest absolute Gasteiger partial charge is 0.494 e. The molecule has 1 amide bonds. The number of para-hydroxylation sites is 1. The summed E-state index contributed by atoms with van der Waals surface area (Å²) < 4.78 is 5.69. The molecule has 1 N–H and O–H groups in total. The topological polar surface area (TPSA) is 41.6 Å². The minimum Gasteiger partial charge on any atom is -0.494 e. The molecule has 2 aromatic rings. The van der Waals surface area contributed by atoms with Crippen LogP contribution in [0.4, 0.5) is 5.69 Å². The molecule has 0 spiro atoms. The maximum atomic E-state index is 12.5. The molecule has 5 heteroatoms. The van der Waals surface area contributed by atoms with E-state index < -0.39 is 0 Å². The lowest BCUT2D eigenvalue weighted by atomic mass is 10.1. The minimum atomic E-state index is -0.201. The lowest BCUT2D eigenvalue weighted by Gasteiger charge is -2.20. The van der Waals surface area contributed by atoms with Crippen LogP contribution in [0.3, 0.4) is 0 Å². The Morgan fingerprint density at radius 3 is 2.65 bits per heavy atom. The first-order valence-corrected chi connectivity index (χ1v) is 9.39. The third kappa shape index (κ3) is 4.41. The summed E-state index contributed by atoms with van der Waals surface area (Å²) in [6.07, 6.45) is 1.95. The number of nitrogens with zero attached hydrogens (tertiary/aromatic N) is 1. The van der Waals surface area contributed by atoms with Crippen LogP contribution in [0.2, 0.25) is 0 Å². The third-order valence-electron chi connectivity index (χ3n) is 4.43. The van der Waals surface area contributed by atoms with Crippen molar-refractivity contribution >= 4 is 28.9 Å². The van der Waals surface area contributed by atoms with E-state index in [1.54, 1.807) is 12.1 Å². The normalized spacial score (nSPS) is 12.8. The summed E-state index contributed by atoms with van der Waals surface area (Å²) in [6.45, 7) is 5.81. The summed E-state index contributed by atoms with van der Waals surface area (Å²) in [5, 5.41) is 3.28. The van der Waals surface area contributed by atoms with Crippen molar-refractivity contribution in [3.8, 4) is 5.75 Å². The van der Waals surface area contributed by atoms with Crippen LogP contribution in [0.1, 0.15) is 36.2 Å². The molecule has 0 aromatic heterocycles. The molecule has 1 aliphatic rings. The number of hydrogen-bond donors (Lipinski definition) is 1. The zero-order valence-corrected chi connectivity index (χ0v) is 16.0. The summed E-state index contributed by atoms with van der Waals surface area (Å²) in [5.41, 5.74) is 2.90. The van der Waals surface area contributed by atoms with Gasteiger partial charge in [-0.15, -0.1) is 0 Å². The van der Waals surface area contributed by atoms with E-state index >= 15 is 0 Å². The number of benzene rings is 2. The van der Waals surface area contributed by atoms with Crippen molar-refractivity contribution in [1.29, 1.82) is 0 Å². The Kier molecular flexibility index (Phi) is 5.89. The number of nitrogens with one attached hydrogen (secondary N) is 1. The van der Waals surface area contributed by atoms with Crippen LogP contribution < -0.4 is 15.0 Å². The van der Waals surface area contributed by atoms with Gasteiger partial charge < -0.3 is 9.64 Å². The molecule has 1 heterocycles. The highest BCUT2D eigenvalue weighted by molar-refractivity contribution is 7.80. The Balaban J connectivity index is 1.57. The number of anilines is 1. The van der Waals surface area contributed by atoms with E-state index in [0.717, 1.165) is 30.8 Å². The first-order valence-electron chi connectivity index (χ1n) is 8.98. The maximum absolute atomic E-state index is 12.5. The van der Waals surface area contributed by atoms with Gasteiger partial charge in [-0.1, -0.05) is 32.0 Å². The Labute approximate surface area is 160 Å². The van der Waals surface area contributed by atoms with Crippen LogP contribution >= 0.6 is 12.2 Å². The van der Waals surface area contributed by atoms with Gasteiger partial charge >= 0.3 is 0 Å². The Morgan fingerprint density at radius 2 is 1.92 bits per heavy atom. The second kappa shape index (κ2) is 8.32. The molecule has 3 rings (SSSR count). The van der Waals surface area contributed by atoms with Crippen molar-refractivity contribution in [1.82, 2.24) is 5.32 Å². The van der Waals surface area contributed by atoms with Gasteiger partial charge in [0.1, 0.15) is 5.75 Å². The fourth-order valence-corrected chi connectivity index (χ4v) is 3.18. The van der Waals surface area contributed by atoms with Crippen molar-refractivity contribution in [2.75, 3.05) is 18.1 Å². The second-order valence-corrected chi connectivity index (χ2v) is 7.23.